The van der Waals surface area contributed by atoms with Gasteiger partial charge in [-0.25, -0.2) is 4.68 Å². The first kappa shape index (κ1) is 16.3. The van der Waals surface area contributed by atoms with Crippen molar-refractivity contribution in [1.82, 2.24) is 25.5 Å². The minimum Gasteiger partial charge on any atom is -0.352 e. The van der Waals surface area contributed by atoms with Gasteiger partial charge in [0.05, 0.1) is 5.75 Å². The largest absolute Gasteiger partial charge is 0.352 e. The molecule has 1 heterocycles. The minimum absolute atomic E-state index is 0.0813. The Bertz CT molecular complexity index is 462. The lowest BCUT2D eigenvalue weighted by Gasteiger charge is -2.29. The van der Waals surface area contributed by atoms with Gasteiger partial charge in [-0.3, -0.25) is 4.79 Å². The van der Waals surface area contributed by atoms with Crippen molar-refractivity contribution in [3.05, 3.63) is 0 Å². The fourth-order valence-electron chi connectivity index (χ4n) is 2.67. The van der Waals surface area contributed by atoms with Crippen molar-refractivity contribution in [2.75, 3.05) is 5.75 Å². The summed E-state index contributed by atoms with van der Waals surface area (Å²) in [7, 11) is 0. The van der Waals surface area contributed by atoms with Crippen molar-refractivity contribution >= 4 is 17.7 Å². The molecule has 0 bridgehead atoms. The van der Waals surface area contributed by atoms with Crippen molar-refractivity contribution in [3.63, 3.8) is 0 Å². The van der Waals surface area contributed by atoms with Gasteiger partial charge >= 0.3 is 0 Å². The van der Waals surface area contributed by atoms with Gasteiger partial charge in [-0.15, -0.1) is 5.10 Å². The molecule has 1 fully saturated rings. The second-order valence-electron chi connectivity index (χ2n) is 6.26. The number of carbonyl (C=O) groups is 1. The molecule has 1 saturated carbocycles. The molecule has 0 unspecified atom stereocenters. The molecule has 1 aromatic rings. The summed E-state index contributed by atoms with van der Waals surface area (Å²) < 4.78 is 1.77. The van der Waals surface area contributed by atoms with E-state index >= 15 is 0 Å². The Morgan fingerprint density at radius 3 is 2.90 bits per heavy atom. The van der Waals surface area contributed by atoms with Crippen LogP contribution in [0.1, 0.15) is 46.5 Å². The first-order valence-corrected chi connectivity index (χ1v) is 8.73. The maximum absolute atomic E-state index is 12.1. The molecular formula is C14H25N5OS. The molecule has 118 valence electrons. The molecule has 1 aromatic heterocycles. The van der Waals surface area contributed by atoms with Crippen LogP contribution in [0.5, 0.6) is 0 Å². The zero-order valence-corrected chi connectivity index (χ0v) is 13.9. The van der Waals surface area contributed by atoms with Crippen LogP contribution in [-0.2, 0) is 11.3 Å². The number of nitrogens with zero attached hydrogens (tertiary/aromatic N) is 4. The van der Waals surface area contributed by atoms with Crippen molar-refractivity contribution in [1.29, 1.82) is 0 Å². The van der Waals surface area contributed by atoms with Crippen LogP contribution in [0.2, 0.25) is 0 Å². The van der Waals surface area contributed by atoms with Gasteiger partial charge in [0.15, 0.2) is 0 Å². The van der Waals surface area contributed by atoms with E-state index in [1.165, 1.54) is 31.0 Å². The summed E-state index contributed by atoms with van der Waals surface area (Å²) in [4.78, 5) is 12.1. The van der Waals surface area contributed by atoms with E-state index < -0.39 is 0 Å². The number of nitrogens with one attached hydrogen (secondary N) is 1. The minimum atomic E-state index is 0.0813. The van der Waals surface area contributed by atoms with Gasteiger partial charge in [-0.1, -0.05) is 45.4 Å². The first-order valence-electron chi connectivity index (χ1n) is 7.74. The topological polar surface area (TPSA) is 72.7 Å². The third-order valence-electron chi connectivity index (χ3n) is 3.83. The molecule has 0 spiro atoms. The molecular weight excluding hydrogens is 286 g/mol. The van der Waals surface area contributed by atoms with Crippen molar-refractivity contribution in [2.24, 2.45) is 11.8 Å². The predicted molar refractivity (Wildman–Crippen MR) is 82.9 cm³/mol. The summed E-state index contributed by atoms with van der Waals surface area (Å²) in [6.45, 7) is 7.23. The quantitative estimate of drug-likeness (QED) is 0.815. The van der Waals surface area contributed by atoms with E-state index in [9.17, 15) is 4.79 Å². The van der Waals surface area contributed by atoms with Crippen LogP contribution >= 0.6 is 11.8 Å². The monoisotopic (exact) mass is 311 g/mol. The lowest BCUT2D eigenvalue weighted by molar-refractivity contribution is -0.119. The highest BCUT2D eigenvalue weighted by molar-refractivity contribution is 7.99. The third-order valence-corrected chi connectivity index (χ3v) is 4.78. The molecule has 1 aliphatic carbocycles. The number of hydrogen-bond acceptors (Lipinski definition) is 5. The van der Waals surface area contributed by atoms with Crippen LogP contribution in [0, 0.1) is 11.8 Å². The van der Waals surface area contributed by atoms with Gasteiger partial charge in [0, 0.05) is 12.6 Å². The molecule has 1 N–H and O–H groups in total. The Hall–Kier alpha value is -1.11. The number of carbonyl (C=O) groups excluding carboxylic acids is 1. The summed E-state index contributed by atoms with van der Waals surface area (Å²) in [5.41, 5.74) is 0. The van der Waals surface area contributed by atoms with Crippen LogP contribution in [0.4, 0.5) is 0 Å². The number of rotatable bonds is 6. The van der Waals surface area contributed by atoms with Crippen LogP contribution in [0.15, 0.2) is 5.16 Å². The van der Waals surface area contributed by atoms with E-state index in [0.29, 0.717) is 23.6 Å². The SMILES string of the molecule is CC(C)Cn1nnnc1SCC(=O)N[C@@H]1CCCC[C@H]1C. The molecule has 6 nitrogen and oxygen atoms in total. The van der Waals surface area contributed by atoms with Crippen molar-refractivity contribution in [2.45, 2.75) is 64.2 Å². The third kappa shape index (κ3) is 4.98. The zero-order chi connectivity index (χ0) is 15.2. The Kier molecular flexibility index (Phi) is 6.02. The molecule has 1 aliphatic rings. The maximum atomic E-state index is 12.1. The number of thioether (sulfide) groups is 1. The van der Waals surface area contributed by atoms with Gasteiger partial charge in [0.2, 0.25) is 11.1 Å². The average Bonchev–Trinajstić information content (AvgIpc) is 2.85. The number of amides is 1. The molecule has 1 amide bonds. The van der Waals surface area contributed by atoms with E-state index in [0.717, 1.165) is 18.1 Å². The van der Waals surface area contributed by atoms with Gasteiger partial charge in [-0.05, 0) is 35.1 Å². The fourth-order valence-corrected chi connectivity index (χ4v) is 3.37. The second-order valence-corrected chi connectivity index (χ2v) is 7.20. The van der Waals surface area contributed by atoms with Crippen LogP contribution in [0.25, 0.3) is 0 Å². The van der Waals surface area contributed by atoms with Gasteiger partial charge in [-0.2, -0.15) is 0 Å². The van der Waals surface area contributed by atoms with Crippen molar-refractivity contribution in [3.8, 4) is 0 Å². The summed E-state index contributed by atoms with van der Waals surface area (Å²) in [5.74, 6) is 1.52. The van der Waals surface area contributed by atoms with Crippen molar-refractivity contribution < 1.29 is 4.79 Å². The standard InChI is InChI=1S/C14H25N5OS/c1-10(2)8-19-14(16-17-18-19)21-9-13(20)15-12-7-5-4-6-11(12)3/h10-12H,4-9H2,1-3H3,(H,15,20)/t11-,12-/m1/s1. The molecule has 0 saturated heterocycles. The van der Waals surface area contributed by atoms with E-state index in [2.05, 4.69) is 41.6 Å². The highest BCUT2D eigenvalue weighted by Crippen LogP contribution is 2.24. The number of hydrogen-bond donors (Lipinski definition) is 1. The van der Waals surface area contributed by atoms with Crippen LogP contribution in [-0.4, -0.2) is 37.9 Å². The predicted octanol–water partition coefficient (Wildman–Crippen LogP) is 2.12. The maximum Gasteiger partial charge on any atom is 0.230 e. The molecule has 2 atom stereocenters. The molecule has 0 aliphatic heterocycles. The van der Waals surface area contributed by atoms with E-state index in [4.69, 9.17) is 0 Å². The Labute approximate surface area is 130 Å². The Morgan fingerprint density at radius 1 is 1.43 bits per heavy atom. The number of tetrazole rings is 1. The molecule has 0 radical (unpaired) electrons. The lowest BCUT2D eigenvalue weighted by Crippen LogP contribution is -2.41. The van der Waals surface area contributed by atoms with Crippen LogP contribution < -0.4 is 5.32 Å². The van der Waals surface area contributed by atoms with E-state index in [1.54, 1.807) is 4.68 Å². The smallest absolute Gasteiger partial charge is 0.230 e. The summed E-state index contributed by atoms with van der Waals surface area (Å²) in [5, 5.41) is 15.5. The Balaban J connectivity index is 1.80. The van der Waals surface area contributed by atoms with Gasteiger partial charge in [0.25, 0.3) is 0 Å². The summed E-state index contributed by atoms with van der Waals surface area (Å²) in [6, 6.07) is 0.332. The Morgan fingerprint density at radius 2 is 2.19 bits per heavy atom. The van der Waals surface area contributed by atoms with E-state index in [1.807, 2.05) is 0 Å². The molecule has 7 heteroatoms. The lowest BCUT2D eigenvalue weighted by atomic mass is 9.86. The van der Waals surface area contributed by atoms with E-state index in [-0.39, 0.29) is 5.91 Å². The average molecular weight is 311 g/mol. The van der Waals surface area contributed by atoms with Crippen LogP contribution in [0.3, 0.4) is 0 Å². The van der Waals surface area contributed by atoms with Gasteiger partial charge < -0.3 is 5.32 Å². The highest BCUT2D eigenvalue weighted by atomic mass is 32.2. The molecule has 0 aromatic carbocycles. The second kappa shape index (κ2) is 7.77. The number of aromatic nitrogens is 4. The molecule has 21 heavy (non-hydrogen) atoms. The van der Waals surface area contributed by atoms with Gasteiger partial charge in [0.1, 0.15) is 0 Å². The summed E-state index contributed by atoms with van der Waals surface area (Å²) in [6.07, 6.45) is 4.81. The first-order chi connectivity index (χ1) is 10.1. The normalized spacial score (nSPS) is 22.5. The fraction of sp³-hybridized carbons (Fsp3) is 0.857. The zero-order valence-electron chi connectivity index (χ0n) is 13.1. The molecule has 2 rings (SSSR count). The highest BCUT2D eigenvalue weighted by Gasteiger charge is 2.23. The summed E-state index contributed by atoms with van der Waals surface area (Å²) >= 11 is 1.41.